The van der Waals surface area contributed by atoms with Gasteiger partial charge in [0.15, 0.2) is 5.65 Å². The lowest BCUT2D eigenvalue weighted by molar-refractivity contribution is -0.148. The van der Waals surface area contributed by atoms with Crippen molar-refractivity contribution in [1.29, 1.82) is 0 Å². The first-order valence-corrected chi connectivity index (χ1v) is 9.69. The Labute approximate surface area is 161 Å². The van der Waals surface area contributed by atoms with Crippen LogP contribution in [-0.4, -0.2) is 37.8 Å². The van der Waals surface area contributed by atoms with Crippen LogP contribution in [0.2, 0.25) is 0 Å². The van der Waals surface area contributed by atoms with E-state index in [-0.39, 0.29) is 11.8 Å². The van der Waals surface area contributed by atoms with Crippen LogP contribution >= 0.6 is 0 Å². The summed E-state index contributed by atoms with van der Waals surface area (Å²) in [6.45, 7) is 1.13. The number of piperidine rings is 1. The molecule has 2 aromatic carbocycles. The summed E-state index contributed by atoms with van der Waals surface area (Å²) in [6, 6.07) is 16.0. The van der Waals surface area contributed by atoms with E-state index >= 15 is 0 Å². The highest BCUT2D eigenvalue weighted by Gasteiger charge is 2.25. The highest BCUT2D eigenvalue weighted by atomic mass is 16.2. The van der Waals surface area contributed by atoms with E-state index in [0.29, 0.717) is 38.8 Å². The Hall–Kier alpha value is -3.28. The highest BCUT2D eigenvalue weighted by molar-refractivity contribution is 6.06. The maximum absolute atomic E-state index is 12.0. The van der Waals surface area contributed by atoms with Crippen LogP contribution in [0, 0.1) is 0 Å². The second-order valence-electron chi connectivity index (χ2n) is 7.20. The third kappa shape index (κ3) is 2.72. The summed E-state index contributed by atoms with van der Waals surface area (Å²) < 4.78 is 2.16. The highest BCUT2D eigenvalue weighted by Crippen LogP contribution is 2.28. The molecule has 0 atom stereocenters. The molecule has 5 rings (SSSR count). The summed E-state index contributed by atoms with van der Waals surface area (Å²) in [5.74, 6) is -0.103. The maximum atomic E-state index is 12.0. The topological polar surface area (TPSA) is 68.1 Å². The molecule has 0 unspecified atom stereocenters. The zero-order chi connectivity index (χ0) is 19.1. The molecular weight excluding hydrogens is 352 g/mol. The van der Waals surface area contributed by atoms with Crippen molar-refractivity contribution in [3.05, 3.63) is 48.5 Å². The summed E-state index contributed by atoms with van der Waals surface area (Å²) >= 11 is 0. The molecule has 2 amide bonds. The van der Waals surface area contributed by atoms with Crippen LogP contribution in [0.5, 0.6) is 0 Å². The zero-order valence-corrected chi connectivity index (χ0v) is 15.5. The van der Waals surface area contributed by atoms with Crippen molar-refractivity contribution in [2.24, 2.45) is 0 Å². The van der Waals surface area contributed by atoms with Gasteiger partial charge in [-0.15, -0.1) is 0 Å². The van der Waals surface area contributed by atoms with Crippen LogP contribution in [-0.2, 0) is 16.1 Å². The van der Waals surface area contributed by atoms with Gasteiger partial charge in [-0.25, -0.2) is 9.97 Å². The van der Waals surface area contributed by atoms with Crippen molar-refractivity contribution >= 4 is 44.9 Å². The Kier molecular flexibility index (Phi) is 4.04. The molecule has 0 aliphatic carbocycles. The molecule has 140 valence electrons. The minimum absolute atomic E-state index is 0.0516. The molecule has 0 bridgehead atoms. The van der Waals surface area contributed by atoms with Crippen molar-refractivity contribution in [3.8, 4) is 0 Å². The fourth-order valence-corrected chi connectivity index (χ4v) is 4.05. The molecular formula is C22H20N4O2. The van der Waals surface area contributed by atoms with Crippen LogP contribution in [0.25, 0.3) is 33.1 Å². The number of hydrogen-bond donors (Lipinski definition) is 0. The molecule has 0 N–H and O–H groups in total. The Morgan fingerprint density at radius 1 is 0.821 bits per heavy atom. The number of hydrogen-bond acceptors (Lipinski definition) is 4. The molecule has 0 spiro atoms. The summed E-state index contributed by atoms with van der Waals surface area (Å²) in [4.78, 5) is 35.2. The number of nitrogens with zero attached hydrogens (tertiary/aromatic N) is 4. The van der Waals surface area contributed by atoms with Crippen molar-refractivity contribution < 1.29 is 9.59 Å². The smallest absolute Gasteiger partial charge is 0.229 e. The number of likely N-dealkylation sites (tertiary alicyclic amines) is 1. The number of carbonyl (C=O) groups is 2. The van der Waals surface area contributed by atoms with Gasteiger partial charge in [-0.1, -0.05) is 30.3 Å². The number of aromatic nitrogens is 3. The number of fused-ring (bicyclic) bond motifs is 4. The Balaban J connectivity index is 1.53. The Morgan fingerprint density at radius 2 is 1.50 bits per heavy atom. The minimum Gasteiger partial charge on any atom is -0.324 e. The quantitative estimate of drug-likeness (QED) is 0.513. The van der Waals surface area contributed by atoms with E-state index in [1.165, 1.54) is 4.90 Å². The fraction of sp³-hybridized carbons (Fsp3) is 0.273. The maximum Gasteiger partial charge on any atom is 0.229 e. The van der Waals surface area contributed by atoms with E-state index in [0.717, 1.165) is 33.1 Å². The van der Waals surface area contributed by atoms with Crippen molar-refractivity contribution in [2.75, 3.05) is 6.54 Å². The lowest BCUT2D eigenvalue weighted by atomic mass is 10.1. The summed E-state index contributed by atoms with van der Waals surface area (Å²) in [6.07, 6.45) is 2.31. The second kappa shape index (κ2) is 6.71. The van der Waals surface area contributed by atoms with E-state index in [2.05, 4.69) is 16.7 Å². The van der Waals surface area contributed by atoms with Gasteiger partial charge in [-0.2, -0.15) is 0 Å². The number of para-hydroxylation sites is 3. The van der Waals surface area contributed by atoms with Gasteiger partial charge < -0.3 is 4.57 Å². The van der Waals surface area contributed by atoms with Crippen LogP contribution < -0.4 is 0 Å². The van der Waals surface area contributed by atoms with Crippen molar-refractivity contribution in [3.63, 3.8) is 0 Å². The molecule has 1 saturated heterocycles. The van der Waals surface area contributed by atoms with Crippen LogP contribution in [0.4, 0.5) is 0 Å². The van der Waals surface area contributed by atoms with Crippen LogP contribution in [0.3, 0.4) is 0 Å². The van der Waals surface area contributed by atoms with E-state index in [1.807, 2.05) is 36.4 Å². The average Bonchev–Trinajstić information content (AvgIpc) is 3.01. The number of benzene rings is 2. The first kappa shape index (κ1) is 16.9. The van der Waals surface area contributed by atoms with E-state index in [9.17, 15) is 9.59 Å². The lowest BCUT2D eigenvalue weighted by Gasteiger charge is -2.24. The van der Waals surface area contributed by atoms with Gasteiger partial charge in [-0.05, 0) is 31.0 Å². The molecule has 6 heteroatoms. The van der Waals surface area contributed by atoms with Gasteiger partial charge in [0.2, 0.25) is 11.8 Å². The molecule has 3 heterocycles. The summed E-state index contributed by atoms with van der Waals surface area (Å²) in [5, 5.41) is 1.07. The number of imide groups is 1. The van der Waals surface area contributed by atoms with E-state index < -0.39 is 0 Å². The zero-order valence-electron chi connectivity index (χ0n) is 15.5. The number of amides is 2. The van der Waals surface area contributed by atoms with Gasteiger partial charge in [-0.3, -0.25) is 14.5 Å². The van der Waals surface area contributed by atoms with Crippen molar-refractivity contribution in [1.82, 2.24) is 19.4 Å². The van der Waals surface area contributed by atoms with Crippen LogP contribution in [0.1, 0.15) is 25.7 Å². The SMILES string of the molecule is O=C1CCCC(=O)N1CCCn1c2ccccc2c2nc3ccccc3nc21. The summed E-state index contributed by atoms with van der Waals surface area (Å²) in [7, 11) is 0. The molecule has 1 fully saturated rings. The standard InChI is InChI=1S/C22H20N4O2/c27-19-11-5-12-20(28)26(19)14-6-13-25-18-10-4-1-7-15(18)21-22(25)24-17-9-3-2-8-16(17)23-21/h1-4,7-10H,5-6,11-14H2. The molecule has 4 aromatic rings. The third-order valence-electron chi connectivity index (χ3n) is 5.40. The lowest BCUT2D eigenvalue weighted by Crippen LogP contribution is -2.40. The molecule has 0 saturated carbocycles. The van der Waals surface area contributed by atoms with Gasteiger partial charge in [0.25, 0.3) is 0 Å². The van der Waals surface area contributed by atoms with E-state index in [1.54, 1.807) is 0 Å². The fourth-order valence-electron chi connectivity index (χ4n) is 4.05. The molecule has 1 aliphatic heterocycles. The Bertz CT molecular complexity index is 1210. The molecule has 6 nitrogen and oxygen atoms in total. The first-order chi connectivity index (χ1) is 13.7. The van der Waals surface area contributed by atoms with Gasteiger partial charge >= 0.3 is 0 Å². The first-order valence-electron chi connectivity index (χ1n) is 9.69. The third-order valence-corrected chi connectivity index (χ3v) is 5.40. The summed E-state index contributed by atoms with van der Waals surface area (Å²) in [5.41, 5.74) is 4.54. The van der Waals surface area contributed by atoms with Gasteiger partial charge in [0.05, 0.1) is 16.6 Å². The van der Waals surface area contributed by atoms with Gasteiger partial charge in [0, 0.05) is 31.3 Å². The number of rotatable bonds is 4. The molecule has 1 aliphatic rings. The van der Waals surface area contributed by atoms with Crippen molar-refractivity contribution in [2.45, 2.75) is 32.2 Å². The largest absolute Gasteiger partial charge is 0.324 e. The minimum atomic E-state index is -0.0516. The predicted octanol–water partition coefficient (Wildman–Crippen LogP) is 3.67. The number of carbonyl (C=O) groups excluding carboxylic acids is 2. The molecule has 28 heavy (non-hydrogen) atoms. The monoisotopic (exact) mass is 372 g/mol. The van der Waals surface area contributed by atoms with Gasteiger partial charge in [0.1, 0.15) is 5.52 Å². The normalized spacial score (nSPS) is 15.2. The average molecular weight is 372 g/mol. The second-order valence-corrected chi connectivity index (χ2v) is 7.20. The number of aryl methyl sites for hydroxylation is 1. The molecule has 0 radical (unpaired) electrons. The molecule has 2 aromatic heterocycles. The Morgan fingerprint density at radius 3 is 2.29 bits per heavy atom. The van der Waals surface area contributed by atoms with Crippen LogP contribution in [0.15, 0.2) is 48.5 Å². The predicted molar refractivity (Wildman–Crippen MR) is 108 cm³/mol. The van der Waals surface area contributed by atoms with E-state index in [4.69, 9.17) is 9.97 Å².